The minimum absolute atomic E-state index is 0. The first-order valence-corrected chi connectivity index (χ1v) is 6.28. The summed E-state index contributed by atoms with van der Waals surface area (Å²) in [6, 6.07) is 5.05. The zero-order valence-corrected chi connectivity index (χ0v) is 13.7. The van der Waals surface area contributed by atoms with Crippen molar-refractivity contribution in [1.29, 1.82) is 0 Å². The molecule has 0 saturated heterocycles. The number of anilines is 2. The predicted molar refractivity (Wildman–Crippen MR) is 68.4 cm³/mol. The molecule has 0 radical (unpaired) electrons. The number of thiophene rings is 1. The number of carbonyl (C=O) groups excluding carboxylic acids is 1. The van der Waals surface area contributed by atoms with E-state index in [1.54, 1.807) is 23.6 Å². The van der Waals surface area contributed by atoms with Gasteiger partial charge in [-0.1, -0.05) is 29.3 Å². The van der Waals surface area contributed by atoms with Crippen molar-refractivity contribution in [1.82, 2.24) is 0 Å². The molecule has 0 aliphatic carbocycles. The number of carboxylic acid groups (broad SMARTS) is 1. The van der Waals surface area contributed by atoms with E-state index in [1.165, 1.54) is 16.7 Å². The number of halogens is 2. The number of carboxylic acids is 1. The molecule has 2 rings (SSSR count). The van der Waals surface area contributed by atoms with Crippen LogP contribution in [-0.2, 0) is 0 Å². The molecule has 0 fully saturated rings. The fourth-order valence-electron chi connectivity index (χ4n) is 1.30. The molecule has 1 N–H and O–H groups in total. The van der Waals surface area contributed by atoms with Gasteiger partial charge in [0.2, 0.25) is 0 Å². The quantitative estimate of drug-likeness (QED) is 0.822. The van der Waals surface area contributed by atoms with E-state index >= 15 is 0 Å². The van der Waals surface area contributed by atoms with Gasteiger partial charge in [-0.05, 0) is 12.1 Å². The first-order chi connectivity index (χ1) is 8.09. The van der Waals surface area contributed by atoms with Gasteiger partial charge in [0.25, 0.3) is 0 Å². The number of carbonyl (C=O) groups is 1. The van der Waals surface area contributed by atoms with Gasteiger partial charge >= 0.3 is 29.6 Å². The van der Waals surface area contributed by atoms with Crippen LogP contribution >= 0.6 is 34.5 Å². The maximum atomic E-state index is 10.8. The SMILES string of the molecule is O=C([O-])c1cscc1Nc1c(Cl)cccc1Cl.[Na+]. The Morgan fingerprint density at radius 3 is 2.39 bits per heavy atom. The number of rotatable bonds is 3. The van der Waals surface area contributed by atoms with Crippen LogP contribution < -0.4 is 40.0 Å². The minimum atomic E-state index is -1.24. The number of aromatic carboxylic acids is 1. The molecule has 1 aromatic heterocycles. The molecule has 1 aromatic carbocycles. The van der Waals surface area contributed by atoms with Gasteiger partial charge in [0, 0.05) is 16.3 Å². The number of benzene rings is 1. The van der Waals surface area contributed by atoms with Gasteiger partial charge in [0.1, 0.15) is 0 Å². The van der Waals surface area contributed by atoms with Crippen LogP contribution in [0.3, 0.4) is 0 Å². The van der Waals surface area contributed by atoms with Crippen LogP contribution in [0.25, 0.3) is 0 Å². The number of nitrogens with one attached hydrogen (secondary N) is 1. The largest absolute Gasteiger partial charge is 1.00 e. The third-order valence-electron chi connectivity index (χ3n) is 2.10. The molecular weight excluding hydrogens is 304 g/mol. The molecule has 3 nitrogen and oxygen atoms in total. The van der Waals surface area contributed by atoms with Gasteiger partial charge in [-0.25, -0.2) is 0 Å². The van der Waals surface area contributed by atoms with Crippen molar-refractivity contribution >= 4 is 51.9 Å². The Labute approximate surface area is 140 Å². The van der Waals surface area contributed by atoms with E-state index in [2.05, 4.69) is 5.32 Å². The zero-order valence-electron chi connectivity index (χ0n) is 9.37. The Kier molecular flexibility index (Phi) is 5.98. The molecule has 0 aliphatic heterocycles. The average Bonchev–Trinajstić information content (AvgIpc) is 2.72. The number of hydrogen-bond donors (Lipinski definition) is 1. The fraction of sp³-hybridized carbons (Fsp3) is 0. The standard InChI is InChI=1S/C11H7Cl2NO2S.Na/c12-7-2-1-3-8(13)10(7)14-9-5-17-4-6(9)11(15)16;/h1-5,14H,(H,15,16);/q;+1/p-1. The van der Waals surface area contributed by atoms with E-state index in [-0.39, 0.29) is 35.1 Å². The second-order valence-electron chi connectivity index (χ2n) is 3.21. The third-order valence-corrected chi connectivity index (χ3v) is 3.48. The summed E-state index contributed by atoms with van der Waals surface area (Å²) >= 11 is 13.2. The van der Waals surface area contributed by atoms with Crippen molar-refractivity contribution < 1.29 is 39.5 Å². The van der Waals surface area contributed by atoms with E-state index in [0.717, 1.165) is 0 Å². The second-order valence-corrected chi connectivity index (χ2v) is 4.77. The number of para-hydroxylation sites is 1. The molecule has 0 atom stereocenters. The van der Waals surface area contributed by atoms with Crippen molar-refractivity contribution in [2.75, 3.05) is 5.32 Å². The molecular formula is C11H6Cl2NNaO2S. The van der Waals surface area contributed by atoms with Gasteiger partial charge in [-0.3, -0.25) is 0 Å². The molecule has 0 unspecified atom stereocenters. The van der Waals surface area contributed by atoms with E-state index in [0.29, 0.717) is 21.4 Å². The Hall–Kier alpha value is -0.230. The third kappa shape index (κ3) is 3.41. The summed E-state index contributed by atoms with van der Waals surface area (Å²) in [5.41, 5.74) is 0.993. The molecule has 0 bridgehead atoms. The van der Waals surface area contributed by atoms with E-state index in [9.17, 15) is 9.90 Å². The second kappa shape index (κ2) is 6.80. The summed E-state index contributed by atoms with van der Waals surface area (Å²) in [6.07, 6.45) is 0. The Morgan fingerprint density at radius 2 is 1.83 bits per heavy atom. The van der Waals surface area contributed by atoms with E-state index in [4.69, 9.17) is 23.2 Å². The van der Waals surface area contributed by atoms with Crippen LogP contribution in [0.4, 0.5) is 11.4 Å². The summed E-state index contributed by atoms with van der Waals surface area (Å²) in [4.78, 5) is 10.8. The van der Waals surface area contributed by atoms with Gasteiger partial charge in [-0.15, -0.1) is 11.3 Å². The van der Waals surface area contributed by atoms with Gasteiger partial charge in [-0.2, -0.15) is 0 Å². The van der Waals surface area contributed by atoms with Crippen molar-refractivity contribution in [3.05, 3.63) is 44.6 Å². The summed E-state index contributed by atoms with van der Waals surface area (Å²) in [5, 5.41) is 17.7. The van der Waals surface area contributed by atoms with Gasteiger partial charge < -0.3 is 15.2 Å². The predicted octanol–water partition coefficient (Wildman–Crippen LogP) is 0.166. The summed E-state index contributed by atoms with van der Waals surface area (Å²) in [5.74, 6) is -1.24. The molecule has 7 heteroatoms. The van der Waals surface area contributed by atoms with Crippen LogP contribution in [0.15, 0.2) is 29.0 Å². The molecule has 2 aromatic rings. The van der Waals surface area contributed by atoms with E-state index < -0.39 is 5.97 Å². The van der Waals surface area contributed by atoms with Crippen molar-refractivity contribution in [3.8, 4) is 0 Å². The number of hydrogen-bond acceptors (Lipinski definition) is 4. The molecule has 0 amide bonds. The van der Waals surface area contributed by atoms with Crippen LogP contribution in [-0.4, -0.2) is 5.97 Å². The monoisotopic (exact) mass is 309 g/mol. The molecule has 0 spiro atoms. The van der Waals surface area contributed by atoms with Crippen LogP contribution in [0, 0.1) is 0 Å². The summed E-state index contributed by atoms with van der Waals surface area (Å²) in [7, 11) is 0. The normalized spacial score (nSPS) is 9.67. The minimum Gasteiger partial charge on any atom is -0.545 e. The topological polar surface area (TPSA) is 52.2 Å². The molecule has 18 heavy (non-hydrogen) atoms. The van der Waals surface area contributed by atoms with Crippen molar-refractivity contribution in [3.63, 3.8) is 0 Å². The fourth-order valence-corrected chi connectivity index (χ4v) is 2.55. The first-order valence-electron chi connectivity index (χ1n) is 4.58. The molecule has 1 heterocycles. The maximum Gasteiger partial charge on any atom is 1.00 e. The summed E-state index contributed by atoms with van der Waals surface area (Å²) < 4.78 is 0. The Morgan fingerprint density at radius 1 is 1.22 bits per heavy atom. The van der Waals surface area contributed by atoms with E-state index in [1.807, 2.05) is 0 Å². The van der Waals surface area contributed by atoms with Gasteiger partial charge in [0.15, 0.2) is 0 Å². The molecule has 0 saturated carbocycles. The molecule has 88 valence electrons. The van der Waals surface area contributed by atoms with Crippen LogP contribution in [0.5, 0.6) is 0 Å². The first kappa shape index (κ1) is 15.8. The van der Waals surface area contributed by atoms with Gasteiger partial charge in [0.05, 0.1) is 27.4 Å². The molecule has 0 aliphatic rings. The van der Waals surface area contributed by atoms with Crippen LogP contribution in [0.1, 0.15) is 10.4 Å². The average molecular weight is 310 g/mol. The van der Waals surface area contributed by atoms with Crippen molar-refractivity contribution in [2.24, 2.45) is 0 Å². The Balaban J connectivity index is 0.00000162. The summed E-state index contributed by atoms with van der Waals surface area (Å²) in [6.45, 7) is 0. The Bertz CT molecular complexity index is 554. The smallest absolute Gasteiger partial charge is 0.545 e. The zero-order chi connectivity index (χ0) is 12.4. The maximum absolute atomic E-state index is 10.8. The van der Waals surface area contributed by atoms with Crippen LogP contribution in [0.2, 0.25) is 10.0 Å². The van der Waals surface area contributed by atoms with Crippen molar-refractivity contribution in [2.45, 2.75) is 0 Å².